The molecule has 0 atom stereocenters. The highest BCUT2D eigenvalue weighted by molar-refractivity contribution is 6.31. The first-order valence-electron chi connectivity index (χ1n) is 6.16. The lowest BCUT2D eigenvalue weighted by Crippen LogP contribution is -2.27. The monoisotopic (exact) mass is 274 g/mol. The van der Waals surface area contributed by atoms with Crippen molar-refractivity contribution < 1.29 is 4.79 Å². The molecule has 1 aromatic carbocycles. The summed E-state index contributed by atoms with van der Waals surface area (Å²) in [5.41, 5.74) is 1.82. The van der Waals surface area contributed by atoms with Gasteiger partial charge >= 0.3 is 0 Å². The second kappa shape index (κ2) is 6.90. The summed E-state index contributed by atoms with van der Waals surface area (Å²) in [5, 5.41) is 3.50. The lowest BCUT2D eigenvalue weighted by molar-refractivity contribution is -0.120. The molecule has 2 aromatic rings. The van der Waals surface area contributed by atoms with E-state index in [9.17, 15) is 4.79 Å². The highest BCUT2D eigenvalue weighted by Gasteiger charge is 2.05. The van der Waals surface area contributed by atoms with E-state index in [4.69, 9.17) is 11.6 Å². The van der Waals surface area contributed by atoms with Crippen molar-refractivity contribution in [3.05, 3.63) is 64.9 Å². The highest BCUT2D eigenvalue weighted by atomic mass is 35.5. The van der Waals surface area contributed by atoms with Crippen LogP contribution in [0.1, 0.15) is 11.3 Å². The molecular weight excluding hydrogens is 260 g/mol. The predicted octanol–water partition coefficient (Wildman–Crippen LogP) is 2.64. The van der Waals surface area contributed by atoms with Gasteiger partial charge in [0.25, 0.3) is 0 Å². The van der Waals surface area contributed by atoms with Crippen molar-refractivity contribution >= 4 is 17.5 Å². The second-order valence-corrected chi connectivity index (χ2v) is 4.60. The lowest BCUT2D eigenvalue weighted by Gasteiger charge is -2.06. The third kappa shape index (κ3) is 4.38. The topological polar surface area (TPSA) is 42.0 Å². The average Bonchev–Trinajstić information content (AvgIpc) is 2.43. The number of hydrogen-bond acceptors (Lipinski definition) is 2. The standard InChI is InChI=1S/C15H15ClN2O/c16-14-7-2-1-5-12(14)11-15(19)18-10-8-13-6-3-4-9-17-13/h1-7,9H,8,10-11H2,(H,18,19). The van der Waals surface area contributed by atoms with Gasteiger partial charge in [0, 0.05) is 29.9 Å². The summed E-state index contributed by atoms with van der Waals surface area (Å²) in [7, 11) is 0. The smallest absolute Gasteiger partial charge is 0.224 e. The maximum atomic E-state index is 11.8. The molecule has 0 bridgehead atoms. The van der Waals surface area contributed by atoms with Crippen molar-refractivity contribution in [2.24, 2.45) is 0 Å². The quantitative estimate of drug-likeness (QED) is 0.911. The first kappa shape index (κ1) is 13.6. The third-order valence-corrected chi connectivity index (χ3v) is 3.11. The molecule has 1 amide bonds. The zero-order valence-corrected chi connectivity index (χ0v) is 11.2. The predicted molar refractivity (Wildman–Crippen MR) is 76.1 cm³/mol. The van der Waals surface area contributed by atoms with E-state index in [0.29, 0.717) is 18.0 Å². The van der Waals surface area contributed by atoms with Crippen LogP contribution in [0.15, 0.2) is 48.7 Å². The molecule has 0 fully saturated rings. The fourth-order valence-electron chi connectivity index (χ4n) is 1.75. The van der Waals surface area contributed by atoms with Crippen LogP contribution in [-0.2, 0) is 17.6 Å². The Balaban J connectivity index is 1.78. The van der Waals surface area contributed by atoms with Crippen molar-refractivity contribution in [1.82, 2.24) is 10.3 Å². The van der Waals surface area contributed by atoms with E-state index in [0.717, 1.165) is 17.7 Å². The first-order chi connectivity index (χ1) is 9.25. The van der Waals surface area contributed by atoms with Crippen LogP contribution in [0.5, 0.6) is 0 Å². The van der Waals surface area contributed by atoms with Crippen LogP contribution in [0.3, 0.4) is 0 Å². The number of carbonyl (C=O) groups excluding carboxylic acids is 1. The fraction of sp³-hybridized carbons (Fsp3) is 0.200. The minimum absolute atomic E-state index is 0.0240. The Hall–Kier alpha value is -1.87. The number of hydrogen-bond donors (Lipinski definition) is 1. The number of carbonyl (C=O) groups is 1. The van der Waals surface area contributed by atoms with E-state index in [-0.39, 0.29) is 5.91 Å². The van der Waals surface area contributed by atoms with Gasteiger partial charge in [-0.15, -0.1) is 0 Å². The summed E-state index contributed by atoms with van der Waals surface area (Å²) in [5.74, 6) is -0.0240. The molecule has 0 saturated heterocycles. The van der Waals surface area contributed by atoms with Crippen molar-refractivity contribution in [3.8, 4) is 0 Å². The minimum Gasteiger partial charge on any atom is -0.355 e. The summed E-state index contributed by atoms with van der Waals surface area (Å²) in [4.78, 5) is 16.0. The minimum atomic E-state index is -0.0240. The van der Waals surface area contributed by atoms with Crippen LogP contribution in [0, 0.1) is 0 Å². The third-order valence-electron chi connectivity index (χ3n) is 2.74. The van der Waals surface area contributed by atoms with Crippen LogP contribution in [0.25, 0.3) is 0 Å². The summed E-state index contributed by atoms with van der Waals surface area (Å²) >= 11 is 6.01. The van der Waals surface area contributed by atoms with Gasteiger partial charge in [0.1, 0.15) is 0 Å². The summed E-state index contributed by atoms with van der Waals surface area (Å²) in [6.45, 7) is 0.584. The first-order valence-corrected chi connectivity index (χ1v) is 6.53. The number of amides is 1. The molecular formula is C15H15ClN2O. The zero-order valence-electron chi connectivity index (χ0n) is 10.5. The van der Waals surface area contributed by atoms with E-state index in [1.807, 2.05) is 36.4 Å². The Kier molecular flexibility index (Phi) is 4.93. The van der Waals surface area contributed by atoms with Gasteiger partial charge in [-0.3, -0.25) is 9.78 Å². The Labute approximate surface area is 117 Å². The van der Waals surface area contributed by atoms with Gasteiger partial charge in [-0.2, -0.15) is 0 Å². The van der Waals surface area contributed by atoms with Crippen LogP contribution < -0.4 is 5.32 Å². The van der Waals surface area contributed by atoms with Gasteiger partial charge in [-0.1, -0.05) is 35.9 Å². The van der Waals surface area contributed by atoms with Crippen LogP contribution in [0.2, 0.25) is 5.02 Å². The van der Waals surface area contributed by atoms with E-state index in [2.05, 4.69) is 10.3 Å². The average molecular weight is 275 g/mol. The molecule has 3 nitrogen and oxygen atoms in total. The summed E-state index contributed by atoms with van der Waals surface area (Å²) in [6.07, 6.45) is 2.79. The van der Waals surface area contributed by atoms with Crippen LogP contribution in [0.4, 0.5) is 0 Å². The number of pyridine rings is 1. The molecule has 0 aliphatic rings. The molecule has 1 N–H and O–H groups in total. The maximum absolute atomic E-state index is 11.8. The normalized spacial score (nSPS) is 10.2. The number of rotatable bonds is 5. The van der Waals surface area contributed by atoms with Gasteiger partial charge in [-0.05, 0) is 23.8 Å². The number of nitrogens with one attached hydrogen (secondary N) is 1. The molecule has 0 saturated carbocycles. The lowest BCUT2D eigenvalue weighted by atomic mass is 10.1. The Morgan fingerprint density at radius 3 is 2.68 bits per heavy atom. The number of halogens is 1. The SMILES string of the molecule is O=C(Cc1ccccc1Cl)NCCc1ccccn1. The van der Waals surface area contributed by atoms with Gasteiger partial charge in [-0.25, -0.2) is 0 Å². The number of benzene rings is 1. The van der Waals surface area contributed by atoms with Gasteiger partial charge < -0.3 is 5.32 Å². The Morgan fingerprint density at radius 1 is 1.16 bits per heavy atom. The van der Waals surface area contributed by atoms with Gasteiger partial charge in [0.15, 0.2) is 0 Å². The Bertz CT molecular complexity index is 543. The molecule has 1 aromatic heterocycles. The molecule has 98 valence electrons. The zero-order chi connectivity index (χ0) is 13.5. The highest BCUT2D eigenvalue weighted by Crippen LogP contribution is 2.15. The van der Waals surface area contributed by atoms with E-state index < -0.39 is 0 Å². The van der Waals surface area contributed by atoms with Crippen molar-refractivity contribution in [1.29, 1.82) is 0 Å². The molecule has 2 rings (SSSR count). The fourth-order valence-corrected chi connectivity index (χ4v) is 1.96. The van der Waals surface area contributed by atoms with E-state index >= 15 is 0 Å². The van der Waals surface area contributed by atoms with Crippen LogP contribution >= 0.6 is 11.6 Å². The number of nitrogens with zero attached hydrogens (tertiary/aromatic N) is 1. The second-order valence-electron chi connectivity index (χ2n) is 4.19. The molecule has 0 aliphatic heterocycles. The largest absolute Gasteiger partial charge is 0.355 e. The summed E-state index contributed by atoms with van der Waals surface area (Å²) < 4.78 is 0. The molecule has 0 aliphatic carbocycles. The van der Waals surface area contributed by atoms with Crippen LogP contribution in [-0.4, -0.2) is 17.4 Å². The van der Waals surface area contributed by atoms with Crippen molar-refractivity contribution in [2.75, 3.05) is 6.54 Å². The Morgan fingerprint density at radius 2 is 1.95 bits per heavy atom. The molecule has 0 spiro atoms. The van der Waals surface area contributed by atoms with Gasteiger partial charge in [0.2, 0.25) is 5.91 Å². The molecule has 4 heteroatoms. The van der Waals surface area contributed by atoms with E-state index in [1.54, 1.807) is 12.3 Å². The van der Waals surface area contributed by atoms with Gasteiger partial charge in [0.05, 0.1) is 6.42 Å². The molecule has 0 radical (unpaired) electrons. The van der Waals surface area contributed by atoms with Crippen molar-refractivity contribution in [3.63, 3.8) is 0 Å². The molecule has 0 unspecified atom stereocenters. The summed E-state index contributed by atoms with van der Waals surface area (Å²) in [6, 6.07) is 13.1. The maximum Gasteiger partial charge on any atom is 0.224 e. The number of aromatic nitrogens is 1. The van der Waals surface area contributed by atoms with E-state index in [1.165, 1.54) is 0 Å². The molecule has 1 heterocycles. The molecule has 19 heavy (non-hydrogen) atoms. The van der Waals surface area contributed by atoms with Crippen molar-refractivity contribution in [2.45, 2.75) is 12.8 Å².